The number of thioether (sulfide) groups is 1. The van der Waals surface area contributed by atoms with E-state index in [0.717, 1.165) is 28.0 Å². The highest BCUT2D eigenvalue weighted by Crippen LogP contribution is 2.31. The van der Waals surface area contributed by atoms with Gasteiger partial charge in [0.2, 0.25) is 5.91 Å². The van der Waals surface area contributed by atoms with Crippen molar-refractivity contribution in [3.05, 3.63) is 50.1 Å². The molecule has 0 saturated carbocycles. The summed E-state index contributed by atoms with van der Waals surface area (Å²) in [7, 11) is 0. The second-order valence-electron chi connectivity index (χ2n) is 7.96. The van der Waals surface area contributed by atoms with Crippen LogP contribution in [0.5, 0.6) is 0 Å². The second-order valence-corrected chi connectivity index (χ2v) is 10.1. The van der Waals surface area contributed by atoms with Crippen LogP contribution in [0.3, 0.4) is 0 Å². The van der Waals surface area contributed by atoms with E-state index < -0.39 is 0 Å². The number of fused-ring (bicyclic) bond motifs is 1. The fraction of sp³-hybridized carbons (Fsp3) is 0.400. The summed E-state index contributed by atoms with van der Waals surface area (Å²) in [5.41, 5.74) is 3.79. The number of benzene rings is 1. The van der Waals surface area contributed by atoms with Crippen molar-refractivity contribution in [3.8, 4) is 17.8 Å². The molecule has 0 unspecified atom stereocenters. The normalized spacial score (nSPS) is 10.8. The Morgan fingerprint density at radius 2 is 1.82 bits per heavy atom. The van der Waals surface area contributed by atoms with Crippen LogP contribution in [0.15, 0.2) is 28.2 Å². The number of hydrogen-bond donors (Lipinski definition) is 0. The number of aryl methyl sites for hydroxylation is 4. The quantitative estimate of drug-likeness (QED) is 0.317. The van der Waals surface area contributed by atoms with Gasteiger partial charge in [0.25, 0.3) is 5.56 Å². The zero-order valence-corrected chi connectivity index (χ0v) is 21.5. The number of carbonyl (C=O) groups excluding carboxylic acids is 1. The monoisotopic (exact) mass is 493 g/mol. The van der Waals surface area contributed by atoms with E-state index in [2.05, 4.69) is 0 Å². The predicted molar refractivity (Wildman–Crippen MR) is 137 cm³/mol. The molecule has 176 valence electrons. The fourth-order valence-electron chi connectivity index (χ4n) is 3.76. The zero-order valence-electron chi connectivity index (χ0n) is 19.8. The van der Waals surface area contributed by atoms with Gasteiger partial charge in [-0.15, -0.1) is 11.3 Å². The maximum atomic E-state index is 13.7. The number of thiophene rings is 1. The molecule has 0 aliphatic heterocycles. The molecule has 0 atom stereocenters. The van der Waals surface area contributed by atoms with E-state index in [1.165, 1.54) is 28.0 Å². The number of nitriles is 2. The summed E-state index contributed by atoms with van der Waals surface area (Å²) < 4.78 is 1.60. The van der Waals surface area contributed by atoms with Crippen molar-refractivity contribution < 1.29 is 4.79 Å². The Morgan fingerprint density at radius 1 is 1.15 bits per heavy atom. The van der Waals surface area contributed by atoms with Crippen molar-refractivity contribution >= 4 is 39.2 Å². The summed E-state index contributed by atoms with van der Waals surface area (Å²) in [4.78, 5) is 34.8. The molecule has 0 N–H and O–H groups in total. The predicted octanol–water partition coefficient (Wildman–Crippen LogP) is 4.68. The highest BCUT2D eigenvalue weighted by atomic mass is 32.2. The molecule has 7 nitrogen and oxygen atoms in total. The van der Waals surface area contributed by atoms with E-state index in [1.807, 2.05) is 58.0 Å². The molecular weight excluding hydrogens is 466 g/mol. The number of aromatic nitrogens is 2. The first kappa shape index (κ1) is 25.5. The molecule has 0 bridgehead atoms. The summed E-state index contributed by atoms with van der Waals surface area (Å²) in [6.07, 6.45) is 1.15. The topological polar surface area (TPSA) is 103 Å². The van der Waals surface area contributed by atoms with Crippen LogP contribution in [0.25, 0.3) is 15.9 Å². The van der Waals surface area contributed by atoms with E-state index in [1.54, 1.807) is 4.57 Å². The van der Waals surface area contributed by atoms with Crippen LogP contribution >= 0.6 is 23.1 Å². The number of nitrogens with zero attached hydrogens (tertiary/aromatic N) is 5. The van der Waals surface area contributed by atoms with Crippen LogP contribution in [0, 0.1) is 43.4 Å². The molecule has 0 aliphatic carbocycles. The third kappa shape index (κ3) is 5.32. The van der Waals surface area contributed by atoms with Gasteiger partial charge in [-0.2, -0.15) is 10.5 Å². The van der Waals surface area contributed by atoms with E-state index in [0.29, 0.717) is 21.1 Å². The molecule has 34 heavy (non-hydrogen) atoms. The third-order valence-electron chi connectivity index (χ3n) is 5.76. The third-order valence-corrected chi connectivity index (χ3v) is 7.73. The fourth-order valence-corrected chi connectivity index (χ4v) is 5.83. The molecule has 1 aromatic carbocycles. The van der Waals surface area contributed by atoms with Gasteiger partial charge in [-0.25, -0.2) is 4.98 Å². The summed E-state index contributed by atoms with van der Waals surface area (Å²) in [5.74, 6) is -0.127. The van der Waals surface area contributed by atoms with E-state index >= 15 is 0 Å². The Balaban J connectivity index is 2.06. The molecular formula is C25H27N5O2S2. The lowest BCUT2D eigenvalue weighted by atomic mass is 10.1. The van der Waals surface area contributed by atoms with Gasteiger partial charge in [0.15, 0.2) is 5.16 Å². The molecule has 9 heteroatoms. The molecule has 0 radical (unpaired) electrons. The Morgan fingerprint density at radius 3 is 2.41 bits per heavy atom. The van der Waals surface area contributed by atoms with Gasteiger partial charge in [-0.05, 0) is 56.0 Å². The first-order chi connectivity index (χ1) is 16.3. The van der Waals surface area contributed by atoms with Crippen molar-refractivity contribution in [2.24, 2.45) is 0 Å². The number of hydrogen-bond acceptors (Lipinski definition) is 7. The van der Waals surface area contributed by atoms with Crippen molar-refractivity contribution in [2.45, 2.75) is 52.1 Å². The maximum Gasteiger partial charge on any atom is 0.267 e. The van der Waals surface area contributed by atoms with Crippen LogP contribution in [0.1, 0.15) is 41.3 Å². The van der Waals surface area contributed by atoms with Crippen LogP contribution in [0.2, 0.25) is 0 Å². The van der Waals surface area contributed by atoms with Crippen LogP contribution in [0.4, 0.5) is 0 Å². The molecule has 2 heterocycles. The Bertz CT molecular complexity index is 1340. The Labute approximate surface area is 207 Å². The standard InChI is InChI=1S/C25H27N5O2S2/c1-5-20-18(4)34-23-22(20)24(32)30(19-9-8-16(2)17(3)14-19)25(28-23)33-15-21(31)29(12-6-10-26)13-7-11-27/h8-9,14H,5-7,12-13,15H2,1-4H3. The minimum absolute atomic E-state index is 0.0602. The number of rotatable bonds is 9. The van der Waals surface area contributed by atoms with E-state index in [9.17, 15) is 9.59 Å². The molecule has 0 aliphatic rings. The minimum Gasteiger partial charge on any atom is -0.340 e. The van der Waals surface area contributed by atoms with Gasteiger partial charge in [0, 0.05) is 18.0 Å². The highest BCUT2D eigenvalue weighted by molar-refractivity contribution is 7.99. The van der Waals surface area contributed by atoms with Gasteiger partial charge >= 0.3 is 0 Å². The lowest BCUT2D eigenvalue weighted by Gasteiger charge is -2.20. The molecule has 2 aromatic heterocycles. The van der Waals surface area contributed by atoms with Gasteiger partial charge in [0.05, 0.1) is 41.8 Å². The smallest absolute Gasteiger partial charge is 0.267 e. The molecule has 0 saturated heterocycles. The molecule has 3 aromatic rings. The minimum atomic E-state index is -0.187. The molecule has 1 amide bonds. The Hall–Kier alpha value is -3.14. The van der Waals surface area contributed by atoms with Gasteiger partial charge in [-0.1, -0.05) is 24.8 Å². The van der Waals surface area contributed by atoms with Crippen LogP contribution in [-0.4, -0.2) is 39.2 Å². The summed E-state index contributed by atoms with van der Waals surface area (Å²) in [6, 6.07) is 9.94. The van der Waals surface area contributed by atoms with Crippen LogP contribution < -0.4 is 5.56 Å². The SMILES string of the molecule is CCc1c(C)sc2nc(SCC(=O)N(CCC#N)CCC#N)n(-c3ccc(C)c(C)c3)c(=O)c12. The van der Waals surface area contributed by atoms with Crippen molar-refractivity contribution in [3.63, 3.8) is 0 Å². The maximum absolute atomic E-state index is 13.7. The number of amides is 1. The summed E-state index contributed by atoms with van der Waals surface area (Å²) in [6.45, 7) is 8.61. The Kier molecular flexibility index (Phi) is 8.49. The van der Waals surface area contributed by atoms with E-state index in [4.69, 9.17) is 15.5 Å². The number of carbonyl (C=O) groups is 1. The molecule has 0 spiro atoms. The first-order valence-corrected chi connectivity index (χ1v) is 12.9. The zero-order chi connectivity index (χ0) is 24.8. The van der Waals surface area contributed by atoms with Gasteiger partial charge < -0.3 is 4.90 Å². The summed E-state index contributed by atoms with van der Waals surface area (Å²) in [5, 5.41) is 18.9. The van der Waals surface area contributed by atoms with Crippen LogP contribution in [-0.2, 0) is 11.2 Å². The molecule has 3 rings (SSSR count). The highest BCUT2D eigenvalue weighted by Gasteiger charge is 2.21. The lowest BCUT2D eigenvalue weighted by molar-refractivity contribution is -0.128. The largest absolute Gasteiger partial charge is 0.340 e. The second kappa shape index (κ2) is 11.3. The lowest BCUT2D eigenvalue weighted by Crippen LogP contribution is -2.34. The van der Waals surface area contributed by atoms with E-state index in [-0.39, 0.29) is 43.2 Å². The summed E-state index contributed by atoms with van der Waals surface area (Å²) >= 11 is 2.71. The van der Waals surface area contributed by atoms with Gasteiger partial charge in [-0.3, -0.25) is 14.2 Å². The average molecular weight is 494 g/mol. The average Bonchev–Trinajstić information content (AvgIpc) is 3.14. The van der Waals surface area contributed by atoms with Crippen molar-refractivity contribution in [1.29, 1.82) is 10.5 Å². The van der Waals surface area contributed by atoms with Gasteiger partial charge in [0.1, 0.15) is 4.83 Å². The van der Waals surface area contributed by atoms with Crippen molar-refractivity contribution in [2.75, 3.05) is 18.8 Å². The van der Waals surface area contributed by atoms with Crippen molar-refractivity contribution in [1.82, 2.24) is 14.5 Å². The first-order valence-electron chi connectivity index (χ1n) is 11.1. The molecule has 0 fully saturated rings.